The Kier molecular flexibility index (Phi) is 7.15. The maximum Gasteiger partial charge on any atom is 0.258 e. The van der Waals surface area contributed by atoms with Gasteiger partial charge in [0.2, 0.25) is 0 Å². The van der Waals surface area contributed by atoms with Crippen molar-refractivity contribution >= 4 is 23.8 Å². The molecule has 1 aromatic carbocycles. The summed E-state index contributed by atoms with van der Waals surface area (Å²) in [5, 5.41) is 3.09. The number of rotatable bonds is 8. The quantitative estimate of drug-likeness (QED) is 0.524. The van der Waals surface area contributed by atoms with Crippen LogP contribution in [0, 0.1) is 12.3 Å². The van der Waals surface area contributed by atoms with E-state index in [-0.39, 0.29) is 4.90 Å². The fraction of sp³-hybridized carbons (Fsp3) is 0.579. The zero-order valence-corrected chi connectivity index (χ0v) is 18.2. The molecule has 0 fully saturated rings. The lowest BCUT2D eigenvalue weighted by atomic mass is 10.3. The Morgan fingerprint density at radius 1 is 1.12 bits per heavy atom. The van der Waals surface area contributed by atoms with E-state index in [1.54, 1.807) is 18.2 Å². The molecule has 0 spiro atoms. The molecule has 1 aromatic rings. The number of anilines is 1. The van der Waals surface area contributed by atoms with Crippen LogP contribution in [0.5, 0.6) is 5.75 Å². The topological polar surface area (TPSA) is 55.4 Å². The summed E-state index contributed by atoms with van der Waals surface area (Å²) in [4.78, 5) is 0.234. The summed E-state index contributed by atoms with van der Waals surface area (Å²) in [6, 6.07) is 5.09. The molecule has 0 heterocycles. The minimum atomic E-state index is -3.39. The SMILES string of the molecule is C#CCNc1ccc(S(C)(=O)=O)c(O[Si](C(C)C)(C(C)C)C(C)C)c1. The molecule has 0 aliphatic heterocycles. The summed E-state index contributed by atoms with van der Waals surface area (Å²) < 4.78 is 31.1. The number of hydrogen-bond acceptors (Lipinski definition) is 4. The van der Waals surface area contributed by atoms with Gasteiger partial charge in [0.05, 0.1) is 6.54 Å². The fourth-order valence-electron chi connectivity index (χ4n) is 3.70. The van der Waals surface area contributed by atoms with Crippen molar-refractivity contribution in [1.82, 2.24) is 0 Å². The molecule has 0 saturated heterocycles. The first-order valence-electron chi connectivity index (χ1n) is 8.67. The normalized spacial score (nSPS) is 12.5. The number of terminal acetylenes is 1. The van der Waals surface area contributed by atoms with E-state index in [1.807, 2.05) is 0 Å². The molecule has 0 aliphatic rings. The van der Waals surface area contributed by atoms with Gasteiger partial charge in [-0.25, -0.2) is 8.42 Å². The second-order valence-electron chi connectivity index (χ2n) is 7.41. The Bertz CT molecular complexity index is 712. The summed E-state index contributed by atoms with van der Waals surface area (Å²) in [5.74, 6) is 2.96. The van der Waals surface area contributed by atoms with Crippen molar-refractivity contribution in [2.75, 3.05) is 18.1 Å². The van der Waals surface area contributed by atoms with Crippen LogP contribution in [-0.4, -0.2) is 29.5 Å². The van der Waals surface area contributed by atoms with E-state index in [0.717, 1.165) is 5.69 Å². The highest BCUT2D eigenvalue weighted by atomic mass is 32.2. The fourth-order valence-corrected chi connectivity index (χ4v) is 9.81. The standard InChI is InChI=1S/C19H31NO3SSi/c1-9-12-20-17-10-11-19(24(8,21)22)18(13-17)23-25(14(2)3,15(4)5)16(6)7/h1,10-11,13-16,20H,12H2,2-8H3. The second kappa shape index (κ2) is 8.28. The van der Waals surface area contributed by atoms with Crippen molar-refractivity contribution < 1.29 is 12.8 Å². The van der Waals surface area contributed by atoms with Gasteiger partial charge in [-0.05, 0) is 28.8 Å². The van der Waals surface area contributed by atoms with Gasteiger partial charge in [-0.3, -0.25) is 0 Å². The van der Waals surface area contributed by atoms with Gasteiger partial charge < -0.3 is 9.74 Å². The summed E-state index contributed by atoms with van der Waals surface area (Å²) in [6.45, 7) is 13.4. The molecular formula is C19H31NO3SSi. The first-order valence-corrected chi connectivity index (χ1v) is 12.7. The smallest absolute Gasteiger partial charge is 0.258 e. The lowest BCUT2D eigenvalue weighted by Crippen LogP contribution is -2.50. The molecule has 0 radical (unpaired) electrons. The van der Waals surface area contributed by atoms with Gasteiger partial charge in [0.25, 0.3) is 8.32 Å². The predicted octanol–water partition coefficient (Wildman–Crippen LogP) is 4.69. The molecule has 1 N–H and O–H groups in total. The third-order valence-electron chi connectivity index (χ3n) is 4.73. The van der Waals surface area contributed by atoms with Gasteiger partial charge >= 0.3 is 0 Å². The second-order valence-corrected chi connectivity index (χ2v) is 14.8. The molecule has 0 aliphatic carbocycles. The number of sulfone groups is 1. The summed E-state index contributed by atoms with van der Waals surface area (Å²) in [5.41, 5.74) is 1.81. The zero-order valence-electron chi connectivity index (χ0n) is 16.4. The minimum absolute atomic E-state index is 0.234. The third kappa shape index (κ3) is 4.80. The molecule has 0 unspecified atom stereocenters. The Labute approximate surface area is 154 Å². The van der Waals surface area contributed by atoms with Gasteiger partial charge in [0, 0.05) is 18.0 Å². The van der Waals surface area contributed by atoms with Crippen molar-refractivity contribution in [1.29, 1.82) is 0 Å². The lowest BCUT2D eigenvalue weighted by Gasteiger charge is -2.42. The molecule has 0 atom stereocenters. The summed E-state index contributed by atoms with van der Waals surface area (Å²) in [7, 11) is -5.66. The van der Waals surface area contributed by atoms with E-state index < -0.39 is 18.2 Å². The van der Waals surface area contributed by atoms with Crippen LogP contribution < -0.4 is 9.74 Å². The van der Waals surface area contributed by atoms with Crippen LogP contribution in [0.3, 0.4) is 0 Å². The molecule has 1 rings (SSSR count). The molecule has 0 aromatic heterocycles. The summed E-state index contributed by atoms with van der Waals surface area (Å²) in [6.07, 6.45) is 6.52. The third-order valence-corrected chi connectivity index (χ3v) is 11.9. The van der Waals surface area contributed by atoms with Crippen molar-refractivity contribution in [3.05, 3.63) is 18.2 Å². The average Bonchev–Trinajstić information content (AvgIpc) is 2.48. The van der Waals surface area contributed by atoms with E-state index in [0.29, 0.717) is 28.9 Å². The number of hydrogen-bond donors (Lipinski definition) is 1. The van der Waals surface area contributed by atoms with Crippen molar-refractivity contribution in [3.8, 4) is 18.1 Å². The molecule has 140 valence electrons. The molecule has 0 amide bonds. The lowest BCUT2D eigenvalue weighted by molar-refractivity contribution is 0.468. The minimum Gasteiger partial charge on any atom is -0.542 e. The molecule has 6 heteroatoms. The van der Waals surface area contributed by atoms with Crippen LogP contribution in [0.4, 0.5) is 5.69 Å². The van der Waals surface area contributed by atoms with E-state index in [9.17, 15) is 8.42 Å². The van der Waals surface area contributed by atoms with Gasteiger partial charge in [0.15, 0.2) is 9.84 Å². The molecule has 0 saturated carbocycles. The molecule has 25 heavy (non-hydrogen) atoms. The Hall–Kier alpha value is -1.45. The van der Waals surface area contributed by atoms with E-state index >= 15 is 0 Å². The maximum atomic E-state index is 12.3. The van der Waals surface area contributed by atoms with Crippen LogP contribution in [-0.2, 0) is 9.84 Å². The van der Waals surface area contributed by atoms with Crippen LogP contribution in [0.1, 0.15) is 41.5 Å². The van der Waals surface area contributed by atoms with Gasteiger partial charge in [-0.15, -0.1) is 6.42 Å². The summed E-state index contributed by atoms with van der Waals surface area (Å²) >= 11 is 0. The average molecular weight is 382 g/mol. The Morgan fingerprint density at radius 3 is 2.04 bits per heavy atom. The van der Waals surface area contributed by atoms with Crippen LogP contribution in [0.2, 0.25) is 16.6 Å². The first kappa shape index (κ1) is 21.6. The van der Waals surface area contributed by atoms with Crippen molar-refractivity contribution in [2.24, 2.45) is 0 Å². The zero-order chi connectivity index (χ0) is 19.4. The Balaban J connectivity index is 3.53. The first-order chi connectivity index (χ1) is 11.5. The Morgan fingerprint density at radius 2 is 1.64 bits per heavy atom. The highest BCUT2D eigenvalue weighted by molar-refractivity contribution is 7.90. The largest absolute Gasteiger partial charge is 0.542 e. The monoisotopic (exact) mass is 381 g/mol. The highest BCUT2D eigenvalue weighted by Gasteiger charge is 2.47. The van der Waals surface area contributed by atoms with Gasteiger partial charge in [0.1, 0.15) is 10.6 Å². The van der Waals surface area contributed by atoms with Crippen LogP contribution >= 0.6 is 0 Å². The molecule has 0 bridgehead atoms. The predicted molar refractivity (Wildman–Crippen MR) is 109 cm³/mol. The van der Waals surface area contributed by atoms with Crippen molar-refractivity contribution in [2.45, 2.75) is 63.1 Å². The molecular weight excluding hydrogens is 350 g/mol. The van der Waals surface area contributed by atoms with Crippen molar-refractivity contribution in [3.63, 3.8) is 0 Å². The van der Waals surface area contributed by atoms with E-state index in [4.69, 9.17) is 10.8 Å². The number of nitrogens with one attached hydrogen (secondary N) is 1. The molecule has 4 nitrogen and oxygen atoms in total. The van der Waals surface area contributed by atoms with Gasteiger partial charge in [-0.2, -0.15) is 0 Å². The maximum absolute atomic E-state index is 12.3. The van der Waals surface area contributed by atoms with E-state index in [2.05, 4.69) is 52.8 Å². The highest BCUT2D eigenvalue weighted by Crippen LogP contribution is 2.44. The van der Waals surface area contributed by atoms with Crippen LogP contribution in [0.15, 0.2) is 23.1 Å². The van der Waals surface area contributed by atoms with Crippen LogP contribution in [0.25, 0.3) is 0 Å². The van der Waals surface area contributed by atoms with Gasteiger partial charge in [-0.1, -0.05) is 47.5 Å². The number of benzene rings is 1. The van der Waals surface area contributed by atoms with E-state index in [1.165, 1.54) is 6.26 Å².